The van der Waals surface area contributed by atoms with Crippen LogP contribution in [0.3, 0.4) is 0 Å². The van der Waals surface area contributed by atoms with E-state index in [4.69, 9.17) is 4.74 Å². The Balaban J connectivity index is 2.05. The van der Waals surface area contributed by atoms with E-state index in [0.717, 1.165) is 25.2 Å². The Morgan fingerprint density at radius 3 is 2.83 bits per heavy atom. The zero-order valence-electron chi connectivity index (χ0n) is 12.0. The molecule has 0 aromatic heterocycles. The zero-order chi connectivity index (χ0) is 13.2. The van der Waals surface area contributed by atoms with Crippen molar-refractivity contribution in [3.63, 3.8) is 0 Å². The van der Waals surface area contributed by atoms with Gasteiger partial charge in [0.15, 0.2) is 0 Å². The normalized spacial score (nSPS) is 19.0. The molecule has 18 heavy (non-hydrogen) atoms. The lowest BCUT2D eigenvalue weighted by Crippen LogP contribution is -2.22. The highest BCUT2D eigenvalue weighted by molar-refractivity contribution is 5.63. The molecule has 0 bridgehead atoms. The van der Waals surface area contributed by atoms with Gasteiger partial charge in [0, 0.05) is 6.04 Å². The van der Waals surface area contributed by atoms with Crippen LogP contribution in [0.15, 0.2) is 18.2 Å². The molecular weight excluding hydrogens is 222 g/mol. The summed E-state index contributed by atoms with van der Waals surface area (Å²) in [6, 6.07) is 6.92. The lowest BCUT2D eigenvalue weighted by molar-refractivity contribution is 0.243. The lowest BCUT2D eigenvalue weighted by Gasteiger charge is -2.26. The highest BCUT2D eigenvalue weighted by Gasteiger charge is 2.18. The molecule has 2 nitrogen and oxygen atoms in total. The number of ether oxygens (including phenoxy) is 1. The van der Waals surface area contributed by atoms with Crippen LogP contribution in [0.2, 0.25) is 0 Å². The van der Waals surface area contributed by atoms with Crippen LogP contribution in [0.25, 0.3) is 0 Å². The molecule has 0 spiro atoms. The molecule has 1 aromatic rings. The summed E-state index contributed by atoms with van der Waals surface area (Å²) in [5, 5.41) is 3.55. The number of benzene rings is 1. The fourth-order valence-electron chi connectivity index (χ4n) is 2.23. The van der Waals surface area contributed by atoms with Gasteiger partial charge in [0.1, 0.15) is 5.75 Å². The number of anilines is 1. The smallest absolute Gasteiger partial charge is 0.142 e. The molecule has 0 radical (unpaired) electrons. The molecule has 0 saturated carbocycles. The molecule has 1 aromatic carbocycles. The predicted octanol–water partition coefficient (Wildman–Crippen LogP) is 4.25. The van der Waals surface area contributed by atoms with Crippen molar-refractivity contribution in [2.45, 2.75) is 53.0 Å². The van der Waals surface area contributed by atoms with Gasteiger partial charge in [-0.1, -0.05) is 32.9 Å². The molecule has 1 heterocycles. The van der Waals surface area contributed by atoms with Crippen molar-refractivity contribution in [1.29, 1.82) is 0 Å². The molecule has 1 aliphatic rings. The van der Waals surface area contributed by atoms with Gasteiger partial charge < -0.3 is 10.1 Å². The minimum absolute atomic E-state index is 0.329. The molecule has 100 valence electrons. The number of nitrogens with one attached hydrogen (secondary N) is 1. The summed E-state index contributed by atoms with van der Waals surface area (Å²) in [7, 11) is 0. The van der Waals surface area contributed by atoms with E-state index < -0.39 is 0 Å². The highest BCUT2D eigenvalue weighted by Crippen LogP contribution is 2.34. The van der Waals surface area contributed by atoms with E-state index in [2.05, 4.69) is 51.2 Å². The third kappa shape index (κ3) is 3.41. The van der Waals surface area contributed by atoms with Gasteiger partial charge in [-0.2, -0.15) is 0 Å². The zero-order valence-corrected chi connectivity index (χ0v) is 12.0. The first-order chi connectivity index (χ1) is 8.46. The van der Waals surface area contributed by atoms with Crippen LogP contribution in [0, 0.1) is 5.41 Å². The Kier molecular flexibility index (Phi) is 3.84. The van der Waals surface area contributed by atoms with Crippen molar-refractivity contribution in [3.05, 3.63) is 23.8 Å². The standard InChI is InChI=1S/C16H25NO/c1-12-8-9-13-6-5-7-14(15(13)17-12)18-11-10-16(2,3)4/h5-7,12,17H,8-11H2,1-4H3. The maximum atomic E-state index is 5.97. The van der Waals surface area contributed by atoms with Crippen molar-refractivity contribution >= 4 is 5.69 Å². The summed E-state index contributed by atoms with van der Waals surface area (Å²) in [5.41, 5.74) is 2.93. The summed E-state index contributed by atoms with van der Waals surface area (Å²) >= 11 is 0. The molecule has 1 atom stereocenters. The van der Waals surface area contributed by atoms with Gasteiger partial charge in [0.2, 0.25) is 0 Å². The SMILES string of the molecule is CC1CCc2cccc(OCCC(C)(C)C)c2N1. The molecular formula is C16H25NO. The maximum absolute atomic E-state index is 5.97. The predicted molar refractivity (Wildman–Crippen MR) is 77.4 cm³/mol. The largest absolute Gasteiger partial charge is 0.491 e. The molecule has 2 heteroatoms. The Bertz CT molecular complexity index is 406. The number of hydrogen-bond donors (Lipinski definition) is 1. The van der Waals surface area contributed by atoms with Crippen molar-refractivity contribution in [3.8, 4) is 5.75 Å². The fourth-order valence-corrected chi connectivity index (χ4v) is 2.23. The Morgan fingerprint density at radius 2 is 2.11 bits per heavy atom. The molecule has 0 amide bonds. The molecule has 0 saturated heterocycles. The van der Waals surface area contributed by atoms with E-state index in [0.29, 0.717) is 11.5 Å². The monoisotopic (exact) mass is 247 g/mol. The molecule has 1 aliphatic heterocycles. The number of aryl methyl sites for hydroxylation is 1. The third-order valence-electron chi connectivity index (χ3n) is 3.46. The van der Waals surface area contributed by atoms with E-state index in [1.165, 1.54) is 17.7 Å². The van der Waals surface area contributed by atoms with E-state index >= 15 is 0 Å². The number of fused-ring (bicyclic) bond motifs is 1. The van der Waals surface area contributed by atoms with Crippen molar-refractivity contribution < 1.29 is 4.74 Å². The summed E-state index contributed by atoms with van der Waals surface area (Å²) in [6.07, 6.45) is 3.44. The molecule has 0 aliphatic carbocycles. The number of hydrogen-bond acceptors (Lipinski definition) is 2. The van der Waals surface area contributed by atoms with Crippen LogP contribution >= 0.6 is 0 Å². The van der Waals surface area contributed by atoms with Crippen LogP contribution in [-0.4, -0.2) is 12.6 Å². The second kappa shape index (κ2) is 5.21. The first-order valence-electron chi connectivity index (χ1n) is 6.97. The summed E-state index contributed by atoms with van der Waals surface area (Å²) in [6.45, 7) is 9.76. The Labute approximate surface area is 111 Å². The minimum atomic E-state index is 0.329. The average molecular weight is 247 g/mol. The van der Waals surface area contributed by atoms with Crippen molar-refractivity contribution in [2.24, 2.45) is 5.41 Å². The summed E-state index contributed by atoms with van der Waals surface area (Å²) in [4.78, 5) is 0. The molecule has 1 unspecified atom stereocenters. The second-order valence-corrected chi connectivity index (χ2v) is 6.53. The first kappa shape index (κ1) is 13.3. The van der Waals surface area contributed by atoms with Gasteiger partial charge in [-0.25, -0.2) is 0 Å². The Hall–Kier alpha value is -1.18. The van der Waals surface area contributed by atoms with Crippen LogP contribution < -0.4 is 10.1 Å². The Morgan fingerprint density at radius 1 is 1.33 bits per heavy atom. The van der Waals surface area contributed by atoms with Crippen LogP contribution in [0.1, 0.15) is 46.1 Å². The van der Waals surface area contributed by atoms with Crippen LogP contribution in [0.5, 0.6) is 5.75 Å². The minimum Gasteiger partial charge on any atom is -0.491 e. The quantitative estimate of drug-likeness (QED) is 0.862. The molecule has 0 fully saturated rings. The third-order valence-corrected chi connectivity index (χ3v) is 3.46. The van der Waals surface area contributed by atoms with E-state index in [-0.39, 0.29) is 0 Å². The topological polar surface area (TPSA) is 21.3 Å². The average Bonchev–Trinajstić information content (AvgIpc) is 2.28. The van der Waals surface area contributed by atoms with Gasteiger partial charge in [-0.05, 0) is 43.2 Å². The van der Waals surface area contributed by atoms with Crippen LogP contribution in [0.4, 0.5) is 5.69 Å². The highest BCUT2D eigenvalue weighted by atomic mass is 16.5. The van der Waals surface area contributed by atoms with Gasteiger partial charge in [0.05, 0.1) is 12.3 Å². The number of rotatable bonds is 3. The van der Waals surface area contributed by atoms with Gasteiger partial charge in [0.25, 0.3) is 0 Å². The van der Waals surface area contributed by atoms with Gasteiger partial charge in [-0.15, -0.1) is 0 Å². The maximum Gasteiger partial charge on any atom is 0.142 e. The van der Waals surface area contributed by atoms with Gasteiger partial charge in [-0.3, -0.25) is 0 Å². The second-order valence-electron chi connectivity index (χ2n) is 6.53. The lowest BCUT2D eigenvalue weighted by atomic mass is 9.93. The molecule has 2 rings (SSSR count). The first-order valence-corrected chi connectivity index (χ1v) is 6.97. The van der Waals surface area contributed by atoms with Crippen molar-refractivity contribution in [2.75, 3.05) is 11.9 Å². The van der Waals surface area contributed by atoms with Crippen molar-refractivity contribution in [1.82, 2.24) is 0 Å². The van der Waals surface area contributed by atoms with E-state index in [1.807, 2.05) is 0 Å². The van der Waals surface area contributed by atoms with Crippen LogP contribution in [-0.2, 0) is 6.42 Å². The van der Waals surface area contributed by atoms with E-state index in [9.17, 15) is 0 Å². The number of para-hydroxylation sites is 1. The fraction of sp³-hybridized carbons (Fsp3) is 0.625. The summed E-state index contributed by atoms with van der Waals surface area (Å²) in [5.74, 6) is 1.02. The van der Waals surface area contributed by atoms with Gasteiger partial charge >= 0.3 is 0 Å². The summed E-state index contributed by atoms with van der Waals surface area (Å²) < 4.78 is 5.97. The van der Waals surface area contributed by atoms with E-state index in [1.54, 1.807) is 0 Å². The molecule has 1 N–H and O–H groups in total.